The Labute approximate surface area is 143 Å². The second-order valence-electron chi connectivity index (χ2n) is 6.19. The smallest absolute Gasteiger partial charge is 0.218 e. The van der Waals surface area contributed by atoms with Gasteiger partial charge in [-0.3, -0.25) is 9.69 Å². The normalized spacial score (nSPS) is 16.4. The Bertz CT molecular complexity index is 666. The highest BCUT2D eigenvalue weighted by Crippen LogP contribution is 2.27. The standard InChI is InChI=1S/C20H24N2O2/c1-16(23)21-20(22-13-6-3-7-14-22)17-9-8-12-19(15-17)24-18-10-4-2-5-11-18/h2,4-5,8-12,15,20H,3,6-7,13-14H2,1H3,(H,21,23). The minimum Gasteiger partial charge on any atom is -0.457 e. The number of benzene rings is 2. The van der Waals surface area contributed by atoms with Crippen molar-refractivity contribution in [2.75, 3.05) is 13.1 Å². The molecule has 0 radical (unpaired) electrons. The third-order valence-corrected chi connectivity index (χ3v) is 4.25. The van der Waals surface area contributed by atoms with Crippen molar-refractivity contribution in [3.63, 3.8) is 0 Å². The van der Waals surface area contributed by atoms with E-state index in [1.807, 2.05) is 54.6 Å². The van der Waals surface area contributed by atoms with Gasteiger partial charge < -0.3 is 10.1 Å². The van der Waals surface area contributed by atoms with Crippen molar-refractivity contribution in [1.29, 1.82) is 0 Å². The summed E-state index contributed by atoms with van der Waals surface area (Å²) in [4.78, 5) is 14.0. The summed E-state index contributed by atoms with van der Waals surface area (Å²) in [5, 5.41) is 3.09. The monoisotopic (exact) mass is 324 g/mol. The molecular weight excluding hydrogens is 300 g/mol. The van der Waals surface area contributed by atoms with Gasteiger partial charge in [0.1, 0.15) is 17.7 Å². The van der Waals surface area contributed by atoms with Gasteiger partial charge in [-0.2, -0.15) is 0 Å². The number of likely N-dealkylation sites (tertiary alicyclic amines) is 1. The molecule has 24 heavy (non-hydrogen) atoms. The second kappa shape index (κ2) is 7.97. The van der Waals surface area contributed by atoms with Crippen LogP contribution in [0.15, 0.2) is 54.6 Å². The summed E-state index contributed by atoms with van der Waals surface area (Å²) in [5.41, 5.74) is 1.06. The molecule has 1 fully saturated rings. The maximum atomic E-state index is 11.7. The molecule has 2 aromatic carbocycles. The van der Waals surface area contributed by atoms with Gasteiger partial charge in [-0.25, -0.2) is 0 Å². The van der Waals surface area contributed by atoms with Gasteiger partial charge in [-0.15, -0.1) is 0 Å². The number of ether oxygens (including phenoxy) is 1. The minimum absolute atomic E-state index is 0.0139. The highest BCUT2D eigenvalue weighted by atomic mass is 16.5. The van der Waals surface area contributed by atoms with Gasteiger partial charge in [0.05, 0.1) is 0 Å². The van der Waals surface area contributed by atoms with Crippen LogP contribution < -0.4 is 10.1 Å². The molecule has 4 nitrogen and oxygen atoms in total. The van der Waals surface area contributed by atoms with E-state index >= 15 is 0 Å². The molecule has 1 amide bonds. The molecule has 1 N–H and O–H groups in total. The minimum atomic E-state index is -0.0953. The molecule has 4 heteroatoms. The Kier molecular flexibility index (Phi) is 5.49. The highest BCUT2D eigenvalue weighted by Gasteiger charge is 2.23. The maximum absolute atomic E-state index is 11.7. The van der Waals surface area contributed by atoms with Crippen molar-refractivity contribution >= 4 is 5.91 Å². The summed E-state index contributed by atoms with van der Waals surface area (Å²) in [6.45, 7) is 3.59. The molecular formula is C20H24N2O2. The molecule has 126 valence electrons. The Morgan fingerprint density at radius 3 is 2.42 bits per heavy atom. The van der Waals surface area contributed by atoms with Crippen LogP contribution >= 0.6 is 0 Å². The lowest BCUT2D eigenvalue weighted by atomic mass is 10.1. The summed E-state index contributed by atoms with van der Waals surface area (Å²) >= 11 is 0. The van der Waals surface area contributed by atoms with Gasteiger partial charge >= 0.3 is 0 Å². The quantitative estimate of drug-likeness (QED) is 0.900. The van der Waals surface area contributed by atoms with Gasteiger partial charge in [0.2, 0.25) is 5.91 Å². The number of hydrogen-bond acceptors (Lipinski definition) is 3. The lowest BCUT2D eigenvalue weighted by molar-refractivity contribution is -0.121. The molecule has 3 rings (SSSR count). The Balaban J connectivity index is 1.81. The fraction of sp³-hybridized carbons (Fsp3) is 0.350. The number of amides is 1. The molecule has 0 saturated carbocycles. The first-order valence-electron chi connectivity index (χ1n) is 8.56. The Hall–Kier alpha value is -2.33. The summed E-state index contributed by atoms with van der Waals surface area (Å²) < 4.78 is 5.93. The zero-order valence-corrected chi connectivity index (χ0v) is 14.1. The van der Waals surface area contributed by atoms with E-state index in [2.05, 4.69) is 10.2 Å². The van der Waals surface area contributed by atoms with Crippen LogP contribution in [-0.4, -0.2) is 23.9 Å². The van der Waals surface area contributed by atoms with Crippen LogP contribution in [0.4, 0.5) is 0 Å². The van der Waals surface area contributed by atoms with Crippen LogP contribution in [0.3, 0.4) is 0 Å². The van der Waals surface area contributed by atoms with Crippen molar-refractivity contribution in [3.8, 4) is 11.5 Å². The average molecular weight is 324 g/mol. The van der Waals surface area contributed by atoms with E-state index in [1.165, 1.54) is 19.3 Å². The third kappa shape index (κ3) is 4.36. The number of rotatable bonds is 5. The van der Waals surface area contributed by atoms with Crippen LogP contribution in [-0.2, 0) is 4.79 Å². The summed E-state index contributed by atoms with van der Waals surface area (Å²) in [6.07, 6.45) is 3.52. The average Bonchev–Trinajstić information content (AvgIpc) is 2.61. The number of carbonyl (C=O) groups excluding carboxylic acids is 1. The van der Waals surface area contributed by atoms with E-state index in [0.717, 1.165) is 30.2 Å². The van der Waals surface area contributed by atoms with E-state index in [1.54, 1.807) is 6.92 Å². The topological polar surface area (TPSA) is 41.6 Å². The van der Waals surface area contributed by atoms with E-state index in [0.29, 0.717) is 0 Å². The molecule has 1 saturated heterocycles. The molecule has 1 atom stereocenters. The zero-order valence-electron chi connectivity index (χ0n) is 14.1. The first-order chi connectivity index (χ1) is 11.7. The summed E-state index contributed by atoms with van der Waals surface area (Å²) in [5.74, 6) is 1.58. The number of piperidine rings is 1. The Morgan fingerprint density at radius 1 is 1.00 bits per heavy atom. The summed E-state index contributed by atoms with van der Waals surface area (Å²) in [6, 6.07) is 17.7. The molecule has 2 aromatic rings. The van der Waals surface area contributed by atoms with Crippen LogP contribution in [0.2, 0.25) is 0 Å². The number of nitrogens with zero attached hydrogens (tertiary/aromatic N) is 1. The lowest BCUT2D eigenvalue weighted by Crippen LogP contribution is -2.43. The largest absolute Gasteiger partial charge is 0.457 e. The van der Waals surface area contributed by atoms with Gasteiger partial charge in [0.25, 0.3) is 0 Å². The number of carbonyl (C=O) groups is 1. The Morgan fingerprint density at radius 2 is 1.71 bits per heavy atom. The van der Waals surface area contributed by atoms with Crippen LogP contribution in [0.1, 0.15) is 37.9 Å². The van der Waals surface area contributed by atoms with Crippen molar-refractivity contribution in [2.45, 2.75) is 32.4 Å². The second-order valence-corrected chi connectivity index (χ2v) is 6.19. The van der Waals surface area contributed by atoms with Crippen molar-refractivity contribution in [2.24, 2.45) is 0 Å². The van der Waals surface area contributed by atoms with E-state index in [-0.39, 0.29) is 12.1 Å². The number of nitrogens with one attached hydrogen (secondary N) is 1. The summed E-state index contributed by atoms with van der Waals surface area (Å²) in [7, 11) is 0. The van der Waals surface area contributed by atoms with Gasteiger partial charge in [0, 0.05) is 20.0 Å². The molecule has 1 aliphatic rings. The predicted molar refractivity (Wildman–Crippen MR) is 94.9 cm³/mol. The number of hydrogen-bond donors (Lipinski definition) is 1. The van der Waals surface area contributed by atoms with Crippen LogP contribution in [0, 0.1) is 0 Å². The van der Waals surface area contributed by atoms with Crippen molar-refractivity contribution in [3.05, 3.63) is 60.2 Å². The highest BCUT2D eigenvalue weighted by molar-refractivity contribution is 5.73. The maximum Gasteiger partial charge on any atom is 0.218 e. The molecule has 1 aliphatic heterocycles. The lowest BCUT2D eigenvalue weighted by Gasteiger charge is -2.35. The molecule has 1 unspecified atom stereocenters. The number of para-hydroxylation sites is 1. The van der Waals surface area contributed by atoms with Gasteiger partial charge in [-0.05, 0) is 42.7 Å². The predicted octanol–water partition coefficient (Wildman–Crippen LogP) is 4.10. The first kappa shape index (κ1) is 16.5. The fourth-order valence-corrected chi connectivity index (χ4v) is 3.13. The molecule has 0 bridgehead atoms. The molecule has 0 aliphatic carbocycles. The molecule has 0 aromatic heterocycles. The van der Waals surface area contributed by atoms with Crippen molar-refractivity contribution < 1.29 is 9.53 Å². The zero-order chi connectivity index (χ0) is 16.8. The third-order valence-electron chi connectivity index (χ3n) is 4.25. The molecule has 1 heterocycles. The first-order valence-corrected chi connectivity index (χ1v) is 8.56. The van der Waals surface area contributed by atoms with Crippen LogP contribution in [0.5, 0.6) is 11.5 Å². The van der Waals surface area contributed by atoms with Gasteiger partial charge in [0.15, 0.2) is 0 Å². The van der Waals surface area contributed by atoms with E-state index in [9.17, 15) is 4.79 Å². The van der Waals surface area contributed by atoms with Crippen molar-refractivity contribution in [1.82, 2.24) is 10.2 Å². The SMILES string of the molecule is CC(=O)NC(c1cccc(Oc2ccccc2)c1)N1CCCCC1. The molecule has 0 spiro atoms. The van der Waals surface area contributed by atoms with Gasteiger partial charge in [-0.1, -0.05) is 36.8 Å². The fourth-order valence-electron chi connectivity index (χ4n) is 3.13. The van der Waals surface area contributed by atoms with E-state index < -0.39 is 0 Å². The van der Waals surface area contributed by atoms with E-state index in [4.69, 9.17) is 4.74 Å². The van der Waals surface area contributed by atoms with Crippen LogP contribution in [0.25, 0.3) is 0 Å².